The van der Waals surface area contributed by atoms with E-state index < -0.39 is 0 Å². The lowest BCUT2D eigenvalue weighted by atomic mass is 9.93. The highest BCUT2D eigenvalue weighted by Crippen LogP contribution is 2.25. The Morgan fingerprint density at radius 2 is 2.07 bits per heavy atom. The standard InChI is InChI=1S/C23H26N4O3/c1-30-19-5-4-18-12-21(26-20(18)13-19)23(29)27-9-6-16(7-10-27)11-22(28)25-15-17-3-2-8-24-14-17/h2-5,8,12-14,16,26H,6-7,9-11,15H2,1H3,(H,25,28). The summed E-state index contributed by atoms with van der Waals surface area (Å²) >= 11 is 0. The van der Waals surface area contributed by atoms with Gasteiger partial charge in [0.1, 0.15) is 11.4 Å². The molecular formula is C23H26N4O3. The lowest BCUT2D eigenvalue weighted by Crippen LogP contribution is -2.39. The van der Waals surface area contributed by atoms with E-state index in [1.54, 1.807) is 19.5 Å². The van der Waals surface area contributed by atoms with Crippen molar-refractivity contribution >= 4 is 22.7 Å². The number of H-pyrrole nitrogens is 1. The molecule has 1 aliphatic heterocycles. The predicted octanol–water partition coefficient (Wildman–Crippen LogP) is 3.13. The third-order valence-corrected chi connectivity index (χ3v) is 5.65. The van der Waals surface area contributed by atoms with Crippen LogP contribution in [0.25, 0.3) is 10.9 Å². The van der Waals surface area contributed by atoms with Gasteiger partial charge in [-0.25, -0.2) is 0 Å². The third kappa shape index (κ3) is 4.62. The fourth-order valence-electron chi connectivity index (χ4n) is 3.90. The summed E-state index contributed by atoms with van der Waals surface area (Å²) in [5.41, 5.74) is 2.46. The van der Waals surface area contributed by atoms with Crippen LogP contribution in [0.5, 0.6) is 5.75 Å². The van der Waals surface area contributed by atoms with Crippen molar-refractivity contribution in [3.63, 3.8) is 0 Å². The Morgan fingerprint density at radius 1 is 1.23 bits per heavy atom. The second kappa shape index (κ2) is 8.98. The lowest BCUT2D eigenvalue weighted by Gasteiger charge is -2.31. The molecule has 3 aromatic rings. The number of fused-ring (bicyclic) bond motifs is 1. The SMILES string of the molecule is COc1ccc2cc(C(=O)N3CCC(CC(=O)NCc4cccnc4)CC3)[nH]c2c1. The number of carbonyl (C=O) groups excluding carboxylic acids is 2. The van der Waals surface area contributed by atoms with Crippen molar-refractivity contribution in [3.8, 4) is 5.75 Å². The van der Waals surface area contributed by atoms with Crippen LogP contribution in [0.1, 0.15) is 35.3 Å². The number of piperidine rings is 1. The number of hydrogen-bond donors (Lipinski definition) is 2. The average Bonchev–Trinajstić information content (AvgIpc) is 3.22. The number of aromatic nitrogens is 2. The van der Waals surface area contributed by atoms with Gasteiger partial charge in [0.2, 0.25) is 5.91 Å². The maximum absolute atomic E-state index is 12.9. The van der Waals surface area contributed by atoms with Gasteiger partial charge in [0.15, 0.2) is 0 Å². The second-order valence-electron chi connectivity index (χ2n) is 7.71. The number of aromatic amines is 1. The lowest BCUT2D eigenvalue weighted by molar-refractivity contribution is -0.122. The van der Waals surface area contributed by atoms with Crippen molar-refractivity contribution in [3.05, 3.63) is 60.0 Å². The van der Waals surface area contributed by atoms with Gasteiger partial charge in [0.25, 0.3) is 5.91 Å². The van der Waals surface area contributed by atoms with Crippen molar-refractivity contribution < 1.29 is 14.3 Å². The van der Waals surface area contributed by atoms with Gasteiger partial charge in [0, 0.05) is 55.4 Å². The highest BCUT2D eigenvalue weighted by atomic mass is 16.5. The Balaban J connectivity index is 1.27. The fraction of sp³-hybridized carbons (Fsp3) is 0.348. The number of benzene rings is 1. The van der Waals surface area contributed by atoms with Gasteiger partial charge in [-0.3, -0.25) is 14.6 Å². The molecule has 4 rings (SSSR count). The van der Waals surface area contributed by atoms with E-state index in [9.17, 15) is 9.59 Å². The van der Waals surface area contributed by atoms with Gasteiger partial charge < -0.3 is 19.9 Å². The average molecular weight is 406 g/mol. The predicted molar refractivity (Wildman–Crippen MR) is 114 cm³/mol. The first-order valence-electron chi connectivity index (χ1n) is 10.2. The molecule has 0 spiro atoms. The molecule has 2 N–H and O–H groups in total. The van der Waals surface area contributed by atoms with Crippen LogP contribution in [0.15, 0.2) is 48.8 Å². The van der Waals surface area contributed by atoms with Crippen LogP contribution in [-0.4, -0.2) is 46.9 Å². The summed E-state index contributed by atoms with van der Waals surface area (Å²) in [5.74, 6) is 1.11. The first kappa shape index (κ1) is 19.9. The Labute approximate surface area is 175 Å². The molecule has 0 aliphatic carbocycles. The zero-order valence-corrected chi connectivity index (χ0v) is 17.1. The monoisotopic (exact) mass is 406 g/mol. The number of nitrogens with one attached hydrogen (secondary N) is 2. The Kier molecular flexibility index (Phi) is 5.97. The van der Waals surface area contributed by atoms with Crippen molar-refractivity contribution in [2.75, 3.05) is 20.2 Å². The van der Waals surface area contributed by atoms with E-state index >= 15 is 0 Å². The molecule has 156 valence electrons. The number of nitrogens with zero attached hydrogens (tertiary/aromatic N) is 2. The molecule has 3 heterocycles. The zero-order valence-electron chi connectivity index (χ0n) is 17.1. The van der Waals surface area contributed by atoms with Gasteiger partial charge in [-0.1, -0.05) is 6.07 Å². The fourth-order valence-corrected chi connectivity index (χ4v) is 3.90. The second-order valence-corrected chi connectivity index (χ2v) is 7.71. The maximum Gasteiger partial charge on any atom is 0.270 e. The molecule has 7 heteroatoms. The summed E-state index contributed by atoms with van der Waals surface area (Å²) in [4.78, 5) is 34.3. The summed E-state index contributed by atoms with van der Waals surface area (Å²) in [6.07, 6.45) is 5.63. The van der Waals surface area contributed by atoms with Gasteiger partial charge in [-0.05, 0) is 48.6 Å². The molecule has 0 unspecified atom stereocenters. The first-order valence-corrected chi connectivity index (χ1v) is 10.2. The van der Waals surface area contributed by atoms with Gasteiger partial charge in [-0.15, -0.1) is 0 Å². The molecule has 1 fully saturated rings. The van der Waals surface area contributed by atoms with Crippen molar-refractivity contribution in [1.29, 1.82) is 0 Å². The van der Waals surface area contributed by atoms with Crippen molar-refractivity contribution in [2.45, 2.75) is 25.8 Å². The molecule has 2 aromatic heterocycles. The molecular weight excluding hydrogens is 380 g/mol. The first-order chi connectivity index (χ1) is 14.6. The number of rotatable bonds is 6. The quantitative estimate of drug-likeness (QED) is 0.658. The van der Waals surface area contributed by atoms with Crippen LogP contribution >= 0.6 is 0 Å². The van der Waals surface area contributed by atoms with E-state index in [-0.39, 0.29) is 11.8 Å². The Hall–Kier alpha value is -3.35. The summed E-state index contributed by atoms with van der Waals surface area (Å²) in [5, 5.41) is 3.94. The number of pyridine rings is 1. The minimum Gasteiger partial charge on any atom is -0.497 e. The van der Waals surface area contributed by atoms with Gasteiger partial charge in [-0.2, -0.15) is 0 Å². The summed E-state index contributed by atoms with van der Waals surface area (Å²) in [6.45, 7) is 1.82. The molecule has 1 aromatic carbocycles. The van der Waals surface area contributed by atoms with E-state index in [0.717, 1.165) is 35.1 Å². The molecule has 1 saturated heterocycles. The zero-order chi connectivity index (χ0) is 20.9. The number of carbonyl (C=O) groups is 2. The normalized spacial score (nSPS) is 14.6. The minimum atomic E-state index is 0.00430. The molecule has 0 radical (unpaired) electrons. The highest BCUT2D eigenvalue weighted by Gasteiger charge is 2.26. The topological polar surface area (TPSA) is 87.3 Å². The van der Waals surface area contributed by atoms with E-state index in [1.807, 2.05) is 41.3 Å². The molecule has 2 amide bonds. The highest BCUT2D eigenvalue weighted by molar-refractivity contribution is 5.98. The van der Waals surface area contributed by atoms with Crippen LogP contribution in [0.3, 0.4) is 0 Å². The van der Waals surface area contributed by atoms with Gasteiger partial charge in [0.05, 0.1) is 7.11 Å². The number of likely N-dealkylation sites (tertiary alicyclic amines) is 1. The van der Waals surface area contributed by atoms with Crippen molar-refractivity contribution in [1.82, 2.24) is 20.2 Å². The molecule has 0 atom stereocenters. The molecule has 7 nitrogen and oxygen atoms in total. The van der Waals surface area contributed by atoms with E-state index in [4.69, 9.17) is 4.74 Å². The smallest absolute Gasteiger partial charge is 0.270 e. The molecule has 0 saturated carbocycles. The van der Waals surface area contributed by atoms with E-state index in [0.29, 0.717) is 37.7 Å². The van der Waals surface area contributed by atoms with E-state index in [2.05, 4.69) is 15.3 Å². The molecule has 0 bridgehead atoms. The number of hydrogen-bond acceptors (Lipinski definition) is 4. The maximum atomic E-state index is 12.9. The van der Waals surface area contributed by atoms with Crippen LogP contribution < -0.4 is 10.1 Å². The van der Waals surface area contributed by atoms with Crippen LogP contribution in [0.2, 0.25) is 0 Å². The summed E-state index contributed by atoms with van der Waals surface area (Å²) in [6, 6.07) is 11.4. The minimum absolute atomic E-state index is 0.00430. The van der Waals surface area contributed by atoms with Crippen LogP contribution in [0, 0.1) is 5.92 Å². The van der Waals surface area contributed by atoms with Gasteiger partial charge >= 0.3 is 0 Å². The number of ether oxygens (including phenoxy) is 1. The summed E-state index contributed by atoms with van der Waals surface area (Å²) < 4.78 is 5.24. The van der Waals surface area contributed by atoms with Crippen LogP contribution in [-0.2, 0) is 11.3 Å². The number of methoxy groups -OCH3 is 1. The Bertz CT molecular complexity index is 1020. The molecule has 1 aliphatic rings. The van der Waals surface area contributed by atoms with Crippen molar-refractivity contribution in [2.24, 2.45) is 5.92 Å². The van der Waals surface area contributed by atoms with E-state index in [1.165, 1.54) is 0 Å². The third-order valence-electron chi connectivity index (χ3n) is 5.65. The molecule has 30 heavy (non-hydrogen) atoms. The number of amides is 2. The van der Waals surface area contributed by atoms with Crippen LogP contribution in [0.4, 0.5) is 0 Å². The largest absolute Gasteiger partial charge is 0.497 e. The Morgan fingerprint density at radius 3 is 2.80 bits per heavy atom. The summed E-state index contributed by atoms with van der Waals surface area (Å²) in [7, 11) is 1.62.